The van der Waals surface area contributed by atoms with E-state index in [0.29, 0.717) is 19.2 Å². The van der Waals surface area contributed by atoms with Crippen molar-refractivity contribution < 1.29 is 17.2 Å². The molecule has 1 saturated heterocycles. The van der Waals surface area contributed by atoms with Gasteiger partial charge in [0.15, 0.2) is 0 Å². The van der Waals surface area contributed by atoms with Gasteiger partial charge in [0.05, 0.1) is 11.0 Å². The van der Waals surface area contributed by atoms with Crippen LogP contribution in [0.4, 0.5) is 14.7 Å². The summed E-state index contributed by atoms with van der Waals surface area (Å²) in [4.78, 5) is 6.13. The fourth-order valence-corrected chi connectivity index (χ4v) is 4.84. The molecule has 0 amide bonds. The molecule has 0 saturated carbocycles. The van der Waals surface area contributed by atoms with E-state index in [1.165, 1.54) is 4.31 Å². The Hall–Kier alpha value is -2.52. The summed E-state index contributed by atoms with van der Waals surface area (Å²) in [6.07, 6.45) is 0. The van der Waals surface area contributed by atoms with E-state index in [1.807, 2.05) is 40.8 Å². The molecule has 0 N–H and O–H groups in total. The minimum absolute atomic E-state index is 0.197. The van der Waals surface area contributed by atoms with Crippen molar-refractivity contribution >= 4 is 27.0 Å². The van der Waals surface area contributed by atoms with Crippen molar-refractivity contribution in [3.63, 3.8) is 0 Å². The Morgan fingerprint density at radius 3 is 2.37 bits per heavy atom. The highest BCUT2D eigenvalue weighted by Gasteiger charge is 2.31. The number of sulfonamides is 1. The molecule has 3 aromatic rings. The third kappa shape index (κ3) is 3.06. The van der Waals surface area contributed by atoms with Crippen molar-refractivity contribution in [3.05, 3.63) is 54.1 Å². The summed E-state index contributed by atoms with van der Waals surface area (Å²) in [5.41, 5.74) is 1.87. The lowest BCUT2D eigenvalue weighted by Gasteiger charge is -2.34. The molecule has 0 radical (unpaired) electrons. The lowest BCUT2D eigenvalue weighted by molar-refractivity contribution is 0.379. The van der Waals surface area contributed by atoms with Crippen LogP contribution in [-0.4, -0.2) is 48.5 Å². The second-order valence-electron chi connectivity index (χ2n) is 6.43. The molecule has 27 heavy (non-hydrogen) atoms. The fraction of sp³-hybridized carbons (Fsp3) is 0.278. The maximum absolute atomic E-state index is 13.9. The van der Waals surface area contributed by atoms with Gasteiger partial charge in [0.25, 0.3) is 0 Å². The zero-order valence-corrected chi connectivity index (χ0v) is 15.5. The van der Waals surface area contributed by atoms with E-state index >= 15 is 0 Å². The predicted molar refractivity (Wildman–Crippen MR) is 98.0 cm³/mol. The molecule has 1 fully saturated rings. The van der Waals surface area contributed by atoms with E-state index in [-0.39, 0.29) is 13.1 Å². The maximum Gasteiger partial charge on any atom is 0.246 e. The largest absolute Gasteiger partial charge is 0.340 e. The number of para-hydroxylation sites is 2. The number of hydrogen-bond acceptors (Lipinski definition) is 4. The first-order chi connectivity index (χ1) is 12.9. The number of rotatable bonds is 3. The summed E-state index contributed by atoms with van der Waals surface area (Å²) in [7, 11) is -2.09. The second-order valence-corrected chi connectivity index (χ2v) is 8.33. The van der Waals surface area contributed by atoms with E-state index in [2.05, 4.69) is 4.98 Å². The number of piperazine rings is 1. The van der Waals surface area contributed by atoms with Crippen LogP contribution in [0.2, 0.25) is 0 Å². The summed E-state index contributed by atoms with van der Waals surface area (Å²) >= 11 is 0. The van der Waals surface area contributed by atoms with Crippen molar-refractivity contribution in [3.8, 4) is 0 Å². The molecule has 0 unspecified atom stereocenters. The monoisotopic (exact) mass is 392 g/mol. The summed E-state index contributed by atoms with van der Waals surface area (Å²) < 4.78 is 55.6. The quantitative estimate of drug-likeness (QED) is 0.687. The molecule has 4 rings (SSSR count). The summed E-state index contributed by atoms with van der Waals surface area (Å²) in [6, 6.07) is 10.3. The fourth-order valence-electron chi connectivity index (χ4n) is 3.37. The van der Waals surface area contributed by atoms with Gasteiger partial charge in [-0.05, 0) is 24.3 Å². The van der Waals surface area contributed by atoms with E-state index in [0.717, 1.165) is 29.1 Å². The number of anilines is 1. The normalized spacial score (nSPS) is 16.2. The Bertz CT molecular complexity index is 1110. The molecule has 0 atom stereocenters. The topological polar surface area (TPSA) is 58.4 Å². The van der Waals surface area contributed by atoms with E-state index in [9.17, 15) is 17.2 Å². The van der Waals surface area contributed by atoms with Crippen LogP contribution >= 0.6 is 0 Å². The first-order valence-corrected chi connectivity index (χ1v) is 9.93. The van der Waals surface area contributed by atoms with Crippen LogP contribution in [0.3, 0.4) is 0 Å². The number of imidazole rings is 1. The van der Waals surface area contributed by atoms with Crippen molar-refractivity contribution in [2.75, 3.05) is 31.1 Å². The highest BCUT2D eigenvalue weighted by atomic mass is 32.2. The molecular weight excluding hydrogens is 374 g/mol. The van der Waals surface area contributed by atoms with Crippen molar-refractivity contribution in [2.45, 2.75) is 4.90 Å². The van der Waals surface area contributed by atoms with Gasteiger partial charge in [-0.15, -0.1) is 0 Å². The van der Waals surface area contributed by atoms with Gasteiger partial charge in [-0.25, -0.2) is 22.2 Å². The molecule has 1 aliphatic rings. The molecule has 0 bridgehead atoms. The summed E-state index contributed by atoms with van der Waals surface area (Å²) in [5.74, 6) is -1.12. The predicted octanol–water partition coefficient (Wildman–Crippen LogP) is 2.36. The van der Waals surface area contributed by atoms with Gasteiger partial charge in [0.1, 0.15) is 16.5 Å². The number of benzene rings is 2. The summed E-state index contributed by atoms with van der Waals surface area (Å²) in [5, 5.41) is 0. The summed E-state index contributed by atoms with van der Waals surface area (Å²) in [6.45, 7) is 1.25. The van der Waals surface area contributed by atoms with E-state index in [4.69, 9.17) is 0 Å². The van der Waals surface area contributed by atoms with E-state index in [1.54, 1.807) is 0 Å². The van der Waals surface area contributed by atoms with Crippen molar-refractivity contribution in [1.29, 1.82) is 0 Å². The molecule has 1 aliphatic heterocycles. The first kappa shape index (κ1) is 17.9. The molecule has 142 valence electrons. The third-order valence-electron chi connectivity index (χ3n) is 4.80. The van der Waals surface area contributed by atoms with Gasteiger partial charge < -0.3 is 9.47 Å². The molecule has 2 aromatic carbocycles. The lowest BCUT2D eigenvalue weighted by atomic mass is 10.3. The molecule has 9 heteroatoms. The van der Waals surface area contributed by atoms with Crippen LogP contribution in [0.1, 0.15) is 0 Å². The van der Waals surface area contributed by atoms with E-state index < -0.39 is 26.6 Å². The number of halogens is 2. The van der Waals surface area contributed by atoms with Gasteiger partial charge in [-0.3, -0.25) is 0 Å². The Kier molecular flexibility index (Phi) is 4.35. The third-order valence-corrected chi connectivity index (χ3v) is 6.73. The molecule has 0 aliphatic carbocycles. The zero-order valence-electron chi connectivity index (χ0n) is 14.6. The molecule has 1 aromatic heterocycles. The van der Waals surface area contributed by atoms with Crippen molar-refractivity contribution in [2.24, 2.45) is 7.05 Å². The number of nitrogens with zero attached hydrogens (tertiary/aromatic N) is 4. The van der Waals surface area contributed by atoms with Gasteiger partial charge in [0, 0.05) is 39.3 Å². The van der Waals surface area contributed by atoms with Gasteiger partial charge in [0.2, 0.25) is 16.0 Å². The Balaban J connectivity index is 1.55. The van der Waals surface area contributed by atoms with Crippen LogP contribution in [0.5, 0.6) is 0 Å². The van der Waals surface area contributed by atoms with Crippen LogP contribution < -0.4 is 4.90 Å². The maximum atomic E-state index is 13.9. The van der Waals surface area contributed by atoms with Crippen molar-refractivity contribution in [1.82, 2.24) is 13.9 Å². The van der Waals surface area contributed by atoms with Gasteiger partial charge >= 0.3 is 0 Å². The molecular formula is C18H18F2N4O2S. The minimum Gasteiger partial charge on any atom is -0.340 e. The molecule has 2 heterocycles. The number of hydrogen-bond donors (Lipinski definition) is 0. The minimum atomic E-state index is -4.01. The molecule has 6 nitrogen and oxygen atoms in total. The lowest BCUT2D eigenvalue weighted by Crippen LogP contribution is -2.49. The Morgan fingerprint density at radius 2 is 1.70 bits per heavy atom. The number of aryl methyl sites for hydroxylation is 1. The van der Waals surface area contributed by atoms with Crippen LogP contribution in [0, 0.1) is 11.6 Å². The highest BCUT2D eigenvalue weighted by molar-refractivity contribution is 7.89. The Labute approximate surface area is 155 Å². The smallest absolute Gasteiger partial charge is 0.246 e. The first-order valence-electron chi connectivity index (χ1n) is 8.49. The zero-order chi connectivity index (χ0) is 19.2. The average Bonchev–Trinajstić information content (AvgIpc) is 2.99. The van der Waals surface area contributed by atoms with Crippen LogP contribution in [0.15, 0.2) is 47.4 Å². The van der Waals surface area contributed by atoms with Crippen LogP contribution in [-0.2, 0) is 17.1 Å². The number of fused-ring (bicyclic) bond motifs is 1. The molecule has 0 spiro atoms. The highest BCUT2D eigenvalue weighted by Crippen LogP contribution is 2.25. The standard InChI is InChI=1S/C18H18F2N4O2S/c1-22-16-5-3-2-4-15(16)21-18(22)23-8-10-24(11-9-23)27(25,26)17-7-6-13(19)12-14(17)20/h2-7,12H,8-11H2,1H3. The van der Waals surface area contributed by atoms with Crippen LogP contribution in [0.25, 0.3) is 11.0 Å². The number of aromatic nitrogens is 2. The van der Waals surface area contributed by atoms with Gasteiger partial charge in [-0.1, -0.05) is 12.1 Å². The average molecular weight is 392 g/mol. The Morgan fingerprint density at radius 1 is 1.00 bits per heavy atom. The van der Waals surface area contributed by atoms with Gasteiger partial charge in [-0.2, -0.15) is 4.31 Å². The second kappa shape index (κ2) is 6.58. The SMILES string of the molecule is Cn1c(N2CCN(S(=O)(=O)c3ccc(F)cc3F)CC2)nc2ccccc21.